The number of esters is 1. The Hall–Kier alpha value is -3.55. The van der Waals surface area contributed by atoms with Crippen LogP contribution in [0.1, 0.15) is 41.0 Å². The number of ether oxygens (including phenoxy) is 1. The summed E-state index contributed by atoms with van der Waals surface area (Å²) in [6, 6.07) is 10.7. The van der Waals surface area contributed by atoms with Gasteiger partial charge in [-0.1, -0.05) is 38.1 Å². The molecule has 3 amide bonds. The average Bonchev–Trinajstić information content (AvgIpc) is 2.97. The fourth-order valence-corrected chi connectivity index (χ4v) is 3.23. The lowest BCUT2D eigenvalue weighted by Crippen LogP contribution is -2.46. The van der Waals surface area contributed by atoms with Crippen LogP contribution in [0.2, 0.25) is 0 Å². The van der Waals surface area contributed by atoms with Gasteiger partial charge in [0.15, 0.2) is 6.61 Å². The van der Waals surface area contributed by atoms with Gasteiger partial charge in [0.25, 0.3) is 17.7 Å². The van der Waals surface area contributed by atoms with Gasteiger partial charge >= 0.3 is 5.97 Å². The molecule has 3 rings (SSSR count). The first kappa shape index (κ1) is 21.2. The molecule has 1 heterocycles. The highest BCUT2D eigenvalue weighted by Crippen LogP contribution is 2.27. The minimum absolute atomic E-state index is 0.0286. The van der Waals surface area contributed by atoms with E-state index < -0.39 is 42.2 Å². The van der Waals surface area contributed by atoms with Crippen molar-refractivity contribution in [2.45, 2.75) is 26.3 Å². The lowest BCUT2D eigenvalue weighted by Gasteiger charge is -2.25. The van der Waals surface area contributed by atoms with E-state index in [-0.39, 0.29) is 29.2 Å². The van der Waals surface area contributed by atoms with E-state index in [4.69, 9.17) is 4.74 Å². The van der Waals surface area contributed by atoms with E-state index in [1.807, 2.05) is 13.8 Å². The third kappa shape index (κ3) is 4.37. The highest BCUT2D eigenvalue weighted by atomic mass is 19.1. The minimum atomic E-state index is -1.17. The second kappa shape index (κ2) is 8.86. The predicted octanol–water partition coefficient (Wildman–Crippen LogP) is 3.02. The standard InChI is InChI=1S/C22H21FN2O5/c1-13(2)11-18(25-20(27)14-7-3-4-8-15(14)21(25)28)22(29)30-12-19(26)24-17-10-6-5-9-16(17)23/h3-10,13,18H,11-12H2,1-2H3,(H,24,26). The molecular weight excluding hydrogens is 391 g/mol. The first-order chi connectivity index (χ1) is 14.3. The Bertz CT molecular complexity index is 970. The Morgan fingerprint density at radius 3 is 2.13 bits per heavy atom. The maximum absolute atomic E-state index is 13.6. The number of nitrogens with zero attached hydrogens (tertiary/aromatic N) is 1. The summed E-state index contributed by atoms with van der Waals surface area (Å²) in [5.74, 6) is -3.41. The zero-order valence-electron chi connectivity index (χ0n) is 16.6. The molecule has 2 aromatic carbocycles. The van der Waals surface area contributed by atoms with E-state index >= 15 is 0 Å². The van der Waals surface area contributed by atoms with Gasteiger partial charge in [0, 0.05) is 0 Å². The van der Waals surface area contributed by atoms with Crippen LogP contribution in [0.3, 0.4) is 0 Å². The van der Waals surface area contributed by atoms with Gasteiger partial charge in [0.2, 0.25) is 0 Å². The van der Waals surface area contributed by atoms with Crippen LogP contribution in [0.25, 0.3) is 0 Å². The largest absolute Gasteiger partial charge is 0.454 e. The molecule has 156 valence electrons. The molecule has 1 aliphatic rings. The van der Waals surface area contributed by atoms with Crippen LogP contribution in [0.4, 0.5) is 10.1 Å². The molecule has 2 aromatic rings. The third-order valence-electron chi connectivity index (χ3n) is 4.60. The minimum Gasteiger partial charge on any atom is -0.454 e. The number of hydrogen-bond donors (Lipinski definition) is 1. The third-order valence-corrected chi connectivity index (χ3v) is 4.60. The monoisotopic (exact) mass is 412 g/mol. The van der Waals surface area contributed by atoms with Gasteiger partial charge in [-0.05, 0) is 36.6 Å². The molecule has 1 N–H and O–H groups in total. The van der Waals surface area contributed by atoms with Gasteiger partial charge in [-0.15, -0.1) is 0 Å². The van der Waals surface area contributed by atoms with E-state index in [1.165, 1.54) is 30.3 Å². The number of nitrogens with one attached hydrogen (secondary N) is 1. The molecule has 0 bridgehead atoms. The topological polar surface area (TPSA) is 92.8 Å². The average molecular weight is 412 g/mol. The number of benzene rings is 2. The lowest BCUT2D eigenvalue weighted by molar-refractivity contribution is -0.151. The van der Waals surface area contributed by atoms with Gasteiger partial charge in [0.1, 0.15) is 11.9 Å². The zero-order chi connectivity index (χ0) is 21.8. The van der Waals surface area contributed by atoms with Crippen LogP contribution in [-0.2, 0) is 14.3 Å². The second-order valence-corrected chi connectivity index (χ2v) is 7.31. The molecule has 0 saturated carbocycles. The zero-order valence-corrected chi connectivity index (χ0v) is 16.6. The SMILES string of the molecule is CC(C)CC(C(=O)OCC(=O)Nc1ccccc1F)N1C(=O)c2ccccc2C1=O. The molecule has 0 radical (unpaired) electrons. The second-order valence-electron chi connectivity index (χ2n) is 7.31. The molecule has 0 aliphatic carbocycles. The summed E-state index contributed by atoms with van der Waals surface area (Å²) in [7, 11) is 0. The molecule has 0 saturated heterocycles. The van der Waals surface area contributed by atoms with Crippen molar-refractivity contribution in [2.75, 3.05) is 11.9 Å². The van der Waals surface area contributed by atoms with Gasteiger partial charge in [-0.2, -0.15) is 0 Å². The summed E-state index contributed by atoms with van der Waals surface area (Å²) < 4.78 is 18.7. The highest BCUT2D eigenvalue weighted by molar-refractivity contribution is 6.22. The van der Waals surface area contributed by atoms with Crippen LogP contribution >= 0.6 is 0 Å². The van der Waals surface area contributed by atoms with Gasteiger partial charge < -0.3 is 10.1 Å². The number of para-hydroxylation sites is 1. The molecule has 7 nitrogen and oxygen atoms in total. The van der Waals surface area contributed by atoms with E-state index in [1.54, 1.807) is 18.2 Å². The molecule has 1 aliphatic heterocycles. The maximum Gasteiger partial charge on any atom is 0.329 e. The number of fused-ring (bicyclic) bond motifs is 1. The number of carbonyl (C=O) groups excluding carboxylic acids is 4. The molecule has 1 atom stereocenters. The van der Waals surface area contributed by atoms with Gasteiger partial charge in [0.05, 0.1) is 16.8 Å². The molecule has 0 spiro atoms. The van der Waals surface area contributed by atoms with Crippen molar-refractivity contribution in [3.8, 4) is 0 Å². The Morgan fingerprint density at radius 2 is 1.57 bits per heavy atom. The molecule has 8 heteroatoms. The molecule has 0 aromatic heterocycles. The van der Waals surface area contributed by atoms with Crippen LogP contribution < -0.4 is 5.32 Å². The van der Waals surface area contributed by atoms with E-state index in [9.17, 15) is 23.6 Å². The van der Waals surface area contributed by atoms with Crippen molar-refractivity contribution in [3.05, 3.63) is 65.5 Å². The first-order valence-corrected chi connectivity index (χ1v) is 9.47. The summed E-state index contributed by atoms with van der Waals surface area (Å²) in [5.41, 5.74) is 0.403. The van der Waals surface area contributed by atoms with Crippen molar-refractivity contribution in [1.29, 1.82) is 0 Å². The van der Waals surface area contributed by atoms with Crippen molar-refractivity contribution in [1.82, 2.24) is 4.90 Å². The Labute approximate surface area is 172 Å². The molecular formula is C22H21FN2O5. The van der Waals surface area contributed by atoms with Crippen LogP contribution in [0, 0.1) is 11.7 Å². The molecule has 0 fully saturated rings. The number of halogens is 1. The van der Waals surface area contributed by atoms with Crippen LogP contribution in [0.5, 0.6) is 0 Å². The molecule has 1 unspecified atom stereocenters. The summed E-state index contributed by atoms with van der Waals surface area (Å²) in [6.07, 6.45) is 0.180. The van der Waals surface area contributed by atoms with Crippen molar-refractivity contribution >= 4 is 29.4 Å². The number of carbonyl (C=O) groups is 4. The van der Waals surface area contributed by atoms with Crippen molar-refractivity contribution in [3.63, 3.8) is 0 Å². The maximum atomic E-state index is 13.6. The van der Waals surface area contributed by atoms with Crippen LogP contribution in [-0.4, -0.2) is 41.2 Å². The Balaban J connectivity index is 1.71. The fraction of sp³-hybridized carbons (Fsp3) is 0.273. The smallest absolute Gasteiger partial charge is 0.329 e. The van der Waals surface area contributed by atoms with Gasteiger partial charge in [-0.3, -0.25) is 19.3 Å². The quantitative estimate of drug-likeness (QED) is 0.557. The van der Waals surface area contributed by atoms with E-state index in [0.717, 1.165) is 4.90 Å². The normalized spacial score (nSPS) is 13.9. The predicted molar refractivity (Wildman–Crippen MR) is 106 cm³/mol. The summed E-state index contributed by atoms with van der Waals surface area (Å²) >= 11 is 0. The number of rotatable bonds is 7. The highest BCUT2D eigenvalue weighted by Gasteiger charge is 2.43. The fourth-order valence-electron chi connectivity index (χ4n) is 3.23. The number of amides is 3. The summed E-state index contributed by atoms with van der Waals surface area (Å²) in [5, 5.41) is 2.31. The van der Waals surface area contributed by atoms with Gasteiger partial charge in [-0.25, -0.2) is 9.18 Å². The van der Waals surface area contributed by atoms with Crippen molar-refractivity contribution < 1.29 is 28.3 Å². The summed E-state index contributed by atoms with van der Waals surface area (Å²) in [6.45, 7) is 3.00. The van der Waals surface area contributed by atoms with Crippen molar-refractivity contribution in [2.24, 2.45) is 5.92 Å². The number of imide groups is 1. The number of anilines is 1. The Kier molecular flexibility index (Phi) is 6.25. The first-order valence-electron chi connectivity index (χ1n) is 9.47. The molecule has 30 heavy (non-hydrogen) atoms. The number of hydrogen-bond acceptors (Lipinski definition) is 5. The van der Waals surface area contributed by atoms with E-state index in [2.05, 4.69) is 5.32 Å². The summed E-state index contributed by atoms with van der Waals surface area (Å²) in [4.78, 5) is 51.1. The van der Waals surface area contributed by atoms with E-state index in [0.29, 0.717) is 0 Å². The Morgan fingerprint density at radius 1 is 1.00 bits per heavy atom. The lowest BCUT2D eigenvalue weighted by atomic mass is 10.0. The van der Waals surface area contributed by atoms with Crippen LogP contribution in [0.15, 0.2) is 48.5 Å².